The number of hydrogen-bond donors (Lipinski definition) is 0. The van der Waals surface area contributed by atoms with E-state index in [1.807, 2.05) is 11.8 Å². The molecule has 0 bridgehead atoms. The Bertz CT molecular complexity index is 357. The molecule has 30 heavy (non-hydrogen) atoms. The van der Waals surface area contributed by atoms with Crippen molar-refractivity contribution in [2.75, 3.05) is 79.2 Å². The van der Waals surface area contributed by atoms with Crippen molar-refractivity contribution in [2.24, 2.45) is 0 Å². The van der Waals surface area contributed by atoms with Gasteiger partial charge in [-0.2, -0.15) is 0 Å². The lowest BCUT2D eigenvalue weighted by Crippen LogP contribution is -2.35. The summed E-state index contributed by atoms with van der Waals surface area (Å²) >= 11 is 0. The predicted octanol–water partition coefficient (Wildman–Crippen LogP) is 3.69. The number of rotatable bonds is 24. The van der Waals surface area contributed by atoms with Gasteiger partial charge >= 0.3 is 0 Å². The monoisotopic (exact) mass is 433 g/mol. The molecule has 0 saturated heterocycles. The smallest absolute Gasteiger partial charge is 0.224 e. The van der Waals surface area contributed by atoms with Crippen LogP contribution in [0, 0.1) is 0 Å². The highest BCUT2D eigenvalue weighted by molar-refractivity contribution is 5.76. The summed E-state index contributed by atoms with van der Waals surface area (Å²) in [5.41, 5.74) is 0. The second-order valence-electron chi connectivity index (χ2n) is 7.19. The minimum Gasteiger partial charge on any atom is -0.380 e. The number of nitrogens with zero attached hydrogens (tertiary/aromatic N) is 1. The molecule has 0 unspecified atom stereocenters. The molecule has 180 valence electrons. The van der Waals surface area contributed by atoms with Crippen LogP contribution in [0.3, 0.4) is 0 Å². The van der Waals surface area contributed by atoms with Crippen LogP contribution >= 0.6 is 0 Å². The third kappa shape index (κ3) is 20.5. The molecule has 0 N–H and O–H groups in total. The van der Waals surface area contributed by atoms with Crippen LogP contribution in [0.15, 0.2) is 0 Å². The van der Waals surface area contributed by atoms with E-state index < -0.39 is 0 Å². The molecule has 0 aliphatic carbocycles. The van der Waals surface area contributed by atoms with Gasteiger partial charge in [-0.15, -0.1) is 0 Å². The molecule has 0 saturated carbocycles. The second kappa shape index (κ2) is 24.5. The van der Waals surface area contributed by atoms with Gasteiger partial charge in [-0.3, -0.25) is 4.79 Å². The number of carbonyl (C=O) groups excluding carboxylic acids is 1. The first-order valence-corrected chi connectivity index (χ1v) is 11.9. The molecule has 7 nitrogen and oxygen atoms in total. The fourth-order valence-electron chi connectivity index (χ4n) is 2.74. The minimum atomic E-state index is 0.147. The molecule has 0 spiro atoms. The molecular weight excluding hydrogens is 386 g/mol. The van der Waals surface area contributed by atoms with E-state index >= 15 is 0 Å². The molecule has 7 heteroatoms. The van der Waals surface area contributed by atoms with Crippen LogP contribution < -0.4 is 0 Å². The predicted molar refractivity (Wildman–Crippen MR) is 120 cm³/mol. The Balaban J connectivity index is 3.77. The molecule has 0 atom stereocenters. The number of hydrogen-bond acceptors (Lipinski definition) is 6. The van der Waals surface area contributed by atoms with Gasteiger partial charge in [0.15, 0.2) is 0 Å². The standard InChI is InChI=1S/C23H47NO6/c1-4-7-9-10-12-24(13-16-27-14-8-5-2)23(25)11-15-28-19-20-30-22-21-29-18-17-26-6-3/h4-22H2,1-3H3. The fourth-order valence-corrected chi connectivity index (χ4v) is 2.74. The molecule has 0 aliphatic rings. The van der Waals surface area contributed by atoms with E-state index in [9.17, 15) is 4.79 Å². The quantitative estimate of drug-likeness (QED) is 0.216. The van der Waals surface area contributed by atoms with Gasteiger partial charge in [-0.1, -0.05) is 39.5 Å². The average Bonchev–Trinajstić information content (AvgIpc) is 2.75. The minimum absolute atomic E-state index is 0.147. The van der Waals surface area contributed by atoms with Gasteiger partial charge in [0.2, 0.25) is 5.91 Å². The highest BCUT2D eigenvalue weighted by atomic mass is 16.6. The lowest BCUT2D eigenvalue weighted by molar-refractivity contribution is -0.133. The molecule has 0 aliphatic heterocycles. The maximum Gasteiger partial charge on any atom is 0.224 e. The first kappa shape index (κ1) is 29.3. The van der Waals surface area contributed by atoms with E-state index in [1.165, 1.54) is 19.3 Å². The van der Waals surface area contributed by atoms with Crippen molar-refractivity contribution >= 4 is 5.91 Å². The fraction of sp³-hybridized carbons (Fsp3) is 0.957. The molecule has 1 amide bonds. The summed E-state index contributed by atoms with van der Waals surface area (Å²) in [4.78, 5) is 14.5. The lowest BCUT2D eigenvalue weighted by atomic mass is 10.2. The van der Waals surface area contributed by atoms with Gasteiger partial charge < -0.3 is 28.6 Å². The van der Waals surface area contributed by atoms with Crippen LogP contribution in [0.2, 0.25) is 0 Å². The molecular formula is C23H47NO6. The van der Waals surface area contributed by atoms with Crippen LogP contribution in [0.25, 0.3) is 0 Å². The number of carbonyl (C=O) groups is 1. The van der Waals surface area contributed by atoms with Crippen molar-refractivity contribution in [3.8, 4) is 0 Å². The van der Waals surface area contributed by atoms with Gasteiger partial charge in [0.1, 0.15) is 0 Å². The number of unbranched alkanes of at least 4 members (excludes halogenated alkanes) is 4. The summed E-state index contributed by atoms with van der Waals surface area (Å²) in [6.07, 6.45) is 7.24. The van der Waals surface area contributed by atoms with Gasteiger partial charge in [-0.05, 0) is 19.8 Å². The molecule has 0 aromatic rings. The maximum atomic E-state index is 12.5. The van der Waals surface area contributed by atoms with E-state index in [2.05, 4.69) is 13.8 Å². The van der Waals surface area contributed by atoms with E-state index in [0.29, 0.717) is 72.4 Å². The zero-order chi connectivity index (χ0) is 22.1. The summed E-state index contributed by atoms with van der Waals surface area (Å²) in [5, 5.41) is 0. The van der Waals surface area contributed by atoms with Crippen molar-refractivity contribution in [1.82, 2.24) is 4.90 Å². The van der Waals surface area contributed by atoms with Crippen LogP contribution in [-0.4, -0.2) is 90.0 Å². The highest BCUT2D eigenvalue weighted by Crippen LogP contribution is 2.04. The first-order valence-electron chi connectivity index (χ1n) is 11.9. The Hall–Kier alpha value is -0.730. The van der Waals surface area contributed by atoms with Crippen molar-refractivity contribution in [3.63, 3.8) is 0 Å². The summed E-state index contributed by atoms with van der Waals surface area (Å²) in [6, 6.07) is 0. The largest absolute Gasteiger partial charge is 0.380 e. The van der Waals surface area contributed by atoms with Crippen molar-refractivity contribution in [1.29, 1.82) is 0 Å². The SMILES string of the molecule is CCCCCCN(CCOCCCC)C(=O)CCOCCOCCOCCOCC. The topological polar surface area (TPSA) is 66.5 Å². The first-order chi connectivity index (χ1) is 14.8. The Labute approximate surface area is 184 Å². The van der Waals surface area contributed by atoms with E-state index in [1.54, 1.807) is 0 Å². The van der Waals surface area contributed by atoms with Crippen LogP contribution in [-0.2, 0) is 28.5 Å². The van der Waals surface area contributed by atoms with Gasteiger partial charge in [0.05, 0.1) is 59.3 Å². The van der Waals surface area contributed by atoms with Crippen molar-refractivity contribution in [3.05, 3.63) is 0 Å². The normalized spacial score (nSPS) is 11.2. The molecule has 0 fully saturated rings. The number of amides is 1. The molecule has 0 aromatic heterocycles. The third-order valence-electron chi connectivity index (χ3n) is 4.56. The van der Waals surface area contributed by atoms with E-state index in [-0.39, 0.29) is 5.91 Å². The lowest BCUT2D eigenvalue weighted by Gasteiger charge is -2.23. The van der Waals surface area contributed by atoms with Crippen LogP contribution in [0.5, 0.6) is 0 Å². The maximum absolute atomic E-state index is 12.5. The summed E-state index contributed by atoms with van der Waals surface area (Å²) in [5.74, 6) is 0.147. The van der Waals surface area contributed by atoms with Crippen molar-refractivity contribution < 1.29 is 28.5 Å². The zero-order valence-corrected chi connectivity index (χ0v) is 19.8. The summed E-state index contributed by atoms with van der Waals surface area (Å²) in [7, 11) is 0. The average molecular weight is 434 g/mol. The van der Waals surface area contributed by atoms with E-state index in [4.69, 9.17) is 23.7 Å². The molecule has 0 radical (unpaired) electrons. The van der Waals surface area contributed by atoms with Crippen LogP contribution in [0.1, 0.15) is 65.7 Å². The second-order valence-corrected chi connectivity index (χ2v) is 7.19. The zero-order valence-electron chi connectivity index (χ0n) is 19.8. The highest BCUT2D eigenvalue weighted by Gasteiger charge is 2.13. The number of ether oxygens (including phenoxy) is 5. The Kier molecular flexibility index (Phi) is 23.9. The van der Waals surface area contributed by atoms with Gasteiger partial charge in [-0.25, -0.2) is 0 Å². The van der Waals surface area contributed by atoms with E-state index in [0.717, 1.165) is 32.4 Å². The molecule has 0 aromatic carbocycles. The van der Waals surface area contributed by atoms with Crippen LogP contribution in [0.4, 0.5) is 0 Å². The van der Waals surface area contributed by atoms with Gasteiger partial charge in [0, 0.05) is 26.3 Å². The Morgan fingerprint density at radius 1 is 0.567 bits per heavy atom. The summed E-state index contributed by atoms with van der Waals surface area (Å²) in [6.45, 7) is 13.6. The Morgan fingerprint density at radius 3 is 1.73 bits per heavy atom. The van der Waals surface area contributed by atoms with Gasteiger partial charge in [0.25, 0.3) is 0 Å². The van der Waals surface area contributed by atoms with Crippen molar-refractivity contribution in [2.45, 2.75) is 65.7 Å². The molecule has 0 heterocycles. The molecule has 0 rings (SSSR count). The summed E-state index contributed by atoms with van der Waals surface area (Å²) < 4.78 is 27.2. The third-order valence-corrected chi connectivity index (χ3v) is 4.56. The Morgan fingerprint density at radius 2 is 1.13 bits per heavy atom.